The van der Waals surface area contributed by atoms with E-state index in [0.717, 1.165) is 53.3 Å². The SMILES string of the molecule is COc1ccc([Si](C)(C)[C@@H]2[C@@H](CCn3cc(CCO)nn3)O[C@]3(C(=O)N(Cc4cccc(N5CCCCC5=O)c4)c4ccccc43)[C@H]2C)cc1. The predicted octanol–water partition coefficient (Wildman–Crippen LogP) is 5.19. The van der Waals surface area contributed by atoms with Gasteiger partial charge in [0.25, 0.3) is 5.91 Å². The Kier molecular flexibility index (Phi) is 9.40. The summed E-state index contributed by atoms with van der Waals surface area (Å²) in [6.45, 7) is 8.68. The smallest absolute Gasteiger partial charge is 0.264 e. The van der Waals surface area contributed by atoms with Crippen molar-refractivity contribution in [1.29, 1.82) is 0 Å². The number of piperidine rings is 1. The highest BCUT2D eigenvalue weighted by atomic mass is 28.3. The molecule has 1 N–H and O–H groups in total. The standard InChI is InChI=1S/C39H47N5O5Si/c1-27-37(50(3,4)32-17-15-31(48-2)16-18-32)35(19-22-42-26-29(20-23-45)40-41-42)49-39(27)33-12-5-6-13-34(33)44(38(39)47)25-28-10-9-11-30(24-28)43-21-8-7-14-36(43)46/h5-6,9-13,15-18,24,26-27,35,37,45H,7-8,14,19-23,25H2,1-4H3/t27-,35+,37-,39+/m0/s1. The molecule has 3 aliphatic rings. The molecule has 262 valence electrons. The Bertz CT molecular complexity index is 1860. The van der Waals surface area contributed by atoms with Crippen LogP contribution in [0.3, 0.4) is 0 Å². The van der Waals surface area contributed by atoms with Crippen LogP contribution in [0, 0.1) is 5.92 Å². The third kappa shape index (κ3) is 5.94. The van der Waals surface area contributed by atoms with Crippen molar-refractivity contribution < 1.29 is 24.2 Å². The predicted molar refractivity (Wildman–Crippen MR) is 195 cm³/mol. The topological polar surface area (TPSA) is 110 Å². The Balaban J connectivity index is 1.24. The van der Waals surface area contributed by atoms with Gasteiger partial charge in [-0.3, -0.25) is 14.3 Å². The Morgan fingerprint density at radius 1 is 1.04 bits per heavy atom. The molecule has 4 atom stereocenters. The maximum Gasteiger partial charge on any atom is 0.264 e. The van der Waals surface area contributed by atoms with Crippen molar-refractivity contribution in [2.75, 3.05) is 30.1 Å². The monoisotopic (exact) mass is 693 g/mol. The van der Waals surface area contributed by atoms with Crippen LogP contribution in [0.1, 0.15) is 49.4 Å². The number of benzene rings is 3. The number of nitrogens with zero attached hydrogens (tertiary/aromatic N) is 5. The third-order valence-corrected chi connectivity index (χ3v) is 15.6. The van der Waals surface area contributed by atoms with Crippen molar-refractivity contribution in [3.8, 4) is 5.75 Å². The molecular weight excluding hydrogens is 647 g/mol. The van der Waals surface area contributed by atoms with Gasteiger partial charge in [-0.1, -0.05) is 72.9 Å². The molecule has 0 radical (unpaired) electrons. The van der Waals surface area contributed by atoms with Gasteiger partial charge in [0.2, 0.25) is 5.91 Å². The average molecular weight is 694 g/mol. The number of hydrogen-bond acceptors (Lipinski definition) is 7. The Labute approximate surface area is 295 Å². The van der Waals surface area contributed by atoms with Crippen LogP contribution in [0.15, 0.2) is 79.0 Å². The van der Waals surface area contributed by atoms with E-state index in [0.29, 0.717) is 32.4 Å². The van der Waals surface area contributed by atoms with Crippen LogP contribution in [0.25, 0.3) is 0 Å². The number of methoxy groups -OCH3 is 1. The molecule has 3 aromatic carbocycles. The van der Waals surface area contributed by atoms with E-state index in [1.54, 1.807) is 7.11 Å². The lowest BCUT2D eigenvalue weighted by molar-refractivity contribution is -0.146. The average Bonchev–Trinajstić information content (AvgIpc) is 3.78. The van der Waals surface area contributed by atoms with E-state index >= 15 is 4.79 Å². The second-order valence-corrected chi connectivity index (χ2v) is 19.2. The van der Waals surface area contributed by atoms with Crippen molar-refractivity contribution in [3.05, 3.63) is 95.8 Å². The molecule has 0 unspecified atom stereocenters. The van der Waals surface area contributed by atoms with Crippen molar-refractivity contribution >= 4 is 36.4 Å². The fourth-order valence-corrected chi connectivity index (χ4v) is 12.8. The Hall–Kier alpha value is -4.32. The van der Waals surface area contributed by atoms with E-state index < -0.39 is 13.7 Å². The maximum absolute atomic E-state index is 15.1. The molecule has 10 nitrogen and oxygen atoms in total. The lowest BCUT2D eigenvalue weighted by atomic mass is 9.82. The molecule has 7 rings (SSSR count). The first-order valence-corrected chi connectivity index (χ1v) is 20.9. The van der Waals surface area contributed by atoms with Crippen LogP contribution in [0.2, 0.25) is 18.6 Å². The number of aliphatic hydroxyl groups excluding tert-OH is 1. The number of aliphatic hydroxyl groups is 1. The normalized spacial score (nSPS) is 23.6. The van der Waals surface area contributed by atoms with Gasteiger partial charge in [-0.05, 0) is 60.7 Å². The minimum absolute atomic E-state index is 0.0207. The van der Waals surface area contributed by atoms with Crippen molar-refractivity contribution in [2.24, 2.45) is 5.92 Å². The zero-order valence-corrected chi connectivity index (χ0v) is 30.4. The first kappa shape index (κ1) is 34.1. The first-order chi connectivity index (χ1) is 24.2. The highest BCUT2D eigenvalue weighted by Gasteiger charge is 2.66. The summed E-state index contributed by atoms with van der Waals surface area (Å²) in [4.78, 5) is 31.6. The van der Waals surface area contributed by atoms with Crippen LogP contribution in [0.5, 0.6) is 5.75 Å². The van der Waals surface area contributed by atoms with Gasteiger partial charge in [-0.15, -0.1) is 5.10 Å². The second kappa shape index (κ2) is 13.8. The van der Waals surface area contributed by atoms with Crippen LogP contribution in [-0.2, 0) is 39.4 Å². The summed E-state index contributed by atoms with van der Waals surface area (Å²) in [5, 5.41) is 19.2. The molecule has 50 heavy (non-hydrogen) atoms. The van der Waals surface area contributed by atoms with Gasteiger partial charge < -0.3 is 24.4 Å². The maximum atomic E-state index is 15.1. The lowest BCUT2D eigenvalue weighted by Crippen LogP contribution is -2.51. The summed E-state index contributed by atoms with van der Waals surface area (Å²) in [5.74, 6) is 0.812. The summed E-state index contributed by atoms with van der Waals surface area (Å²) in [5.41, 5.74) is 3.34. The van der Waals surface area contributed by atoms with Crippen LogP contribution in [-0.4, -0.2) is 66.4 Å². The largest absolute Gasteiger partial charge is 0.497 e. The Morgan fingerprint density at radius 2 is 1.84 bits per heavy atom. The molecule has 4 aromatic rings. The highest BCUT2D eigenvalue weighted by molar-refractivity contribution is 6.91. The van der Waals surface area contributed by atoms with Crippen molar-refractivity contribution in [2.45, 2.75) is 82.5 Å². The van der Waals surface area contributed by atoms with E-state index in [-0.39, 0.29) is 36.0 Å². The van der Waals surface area contributed by atoms with E-state index in [1.165, 1.54) is 5.19 Å². The number of amides is 2. The molecule has 2 fully saturated rings. The van der Waals surface area contributed by atoms with E-state index in [9.17, 15) is 9.90 Å². The zero-order valence-electron chi connectivity index (χ0n) is 29.4. The van der Waals surface area contributed by atoms with E-state index in [2.05, 4.69) is 54.6 Å². The summed E-state index contributed by atoms with van der Waals surface area (Å²) in [6.07, 6.45) is 5.27. The molecule has 11 heteroatoms. The first-order valence-electron chi connectivity index (χ1n) is 17.8. The van der Waals surface area contributed by atoms with Crippen molar-refractivity contribution in [3.63, 3.8) is 0 Å². The molecular formula is C39H47N5O5Si. The van der Waals surface area contributed by atoms with Crippen LogP contribution >= 0.6 is 0 Å². The number of hydrogen-bond donors (Lipinski definition) is 1. The van der Waals surface area contributed by atoms with Crippen LogP contribution in [0.4, 0.5) is 11.4 Å². The number of aromatic nitrogens is 3. The number of rotatable bonds is 11. The highest BCUT2D eigenvalue weighted by Crippen LogP contribution is 2.60. The number of anilines is 2. The van der Waals surface area contributed by atoms with Gasteiger partial charge in [-0.25, -0.2) is 0 Å². The molecule has 0 aliphatic carbocycles. The quantitative estimate of drug-likeness (QED) is 0.216. The minimum atomic E-state index is -2.29. The number of para-hydroxylation sites is 1. The number of aryl methyl sites for hydroxylation is 1. The number of ether oxygens (including phenoxy) is 2. The molecule has 2 saturated heterocycles. The fourth-order valence-electron chi connectivity index (χ4n) is 8.72. The van der Waals surface area contributed by atoms with Gasteiger partial charge in [0, 0.05) is 55.9 Å². The molecule has 2 amide bonds. The van der Waals surface area contributed by atoms with Crippen molar-refractivity contribution in [1.82, 2.24) is 15.0 Å². The molecule has 3 aliphatic heterocycles. The van der Waals surface area contributed by atoms with Gasteiger partial charge >= 0.3 is 0 Å². The molecule has 0 bridgehead atoms. The third-order valence-electron chi connectivity index (χ3n) is 11.2. The molecule has 1 spiro atoms. The molecule has 0 saturated carbocycles. The van der Waals surface area contributed by atoms with Gasteiger partial charge in [0.05, 0.1) is 39.2 Å². The molecule has 1 aromatic heterocycles. The lowest BCUT2D eigenvalue weighted by Gasteiger charge is -2.37. The van der Waals surface area contributed by atoms with Gasteiger partial charge in [0.15, 0.2) is 5.60 Å². The number of carbonyl (C=O) groups is 2. The second-order valence-electron chi connectivity index (χ2n) is 14.5. The van der Waals surface area contributed by atoms with Gasteiger partial charge in [0.1, 0.15) is 5.75 Å². The summed E-state index contributed by atoms with van der Waals surface area (Å²) < 4.78 is 14.6. The van der Waals surface area contributed by atoms with Gasteiger partial charge in [-0.2, -0.15) is 0 Å². The molecule has 4 heterocycles. The van der Waals surface area contributed by atoms with E-state index in [4.69, 9.17) is 9.47 Å². The fraction of sp³-hybridized carbons (Fsp3) is 0.436. The van der Waals surface area contributed by atoms with Crippen LogP contribution < -0.4 is 19.7 Å². The number of fused-ring (bicyclic) bond motifs is 2. The summed E-state index contributed by atoms with van der Waals surface area (Å²) in [6, 6.07) is 24.5. The number of carbonyl (C=O) groups excluding carboxylic acids is 2. The Morgan fingerprint density at radius 3 is 2.60 bits per heavy atom. The summed E-state index contributed by atoms with van der Waals surface area (Å²) in [7, 11) is -0.616. The minimum Gasteiger partial charge on any atom is -0.497 e. The zero-order chi connectivity index (χ0) is 35.0. The summed E-state index contributed by atoms with van der Waals surface area (Å²) >= 11 is 0. The van der Waals surface area contributed by atoms with E-state index in [1.807, 2.05) is 69.2 Å².